The molecule has 1 aliphatic rings. The summed E-state index contributed by atoms with van der Waals surface area (Å²) in [6, 6.07) is 4.11. The minimum absolute atomic E-state index is 0.0382. The number of carbonyl (C=O) groups excluding carboxylic acids is 1. The van der Waals surface area contributed by atoms with Gasteiger partial charge in [0, 0.05) is 31.7 Å². The standard InChI is InChI=1S/C18H21FN8O/c1-26-10-13(8-21-26)27-6-2-3-11(9-27)17(28)25-24-16-14-7-12(19)4-5-15(14)22-18(20)23-16/h4-5,7-8,10-11H,2-3,6,9H2,1H3,(H,25,28)(H3,20,22,23,24)/t11-/m1/s1. The molecule has 2 aromatic heterocycles. The number of aromatic nitrogens is 4. The minimum Gasteiger partial charge on any atom is -0.368 e. The Morgan fingerprint density at radius 1 is 1.36 bits per heavy atom. The molecule has 0 bridgehead atoms. The van der Waals surface area contributed by atoms with Crippen molar-refractivity contribution in [1.82, 2.24) is 25.2 Å². The van der Waals surface area contributed by atoms with E-state index < -0.39 is 5.82 Å². The van der Waals surface area contributed by atoms with Gasteiger partial charge in [0.25, 0.3) is 0 Å². The van der Waals surface area contributed by atoms with Crippen LogP contribution in [0.25, 0.3) is 10.9 Å². The van der Waals surface area contributed by atoms with Crippen molar-refractivity contribution in [1.29, 1.82) is 0 Å². The van der Waals surface area contributed by atoms with Crippen LogP contribution in [0.5, 0.6) is 0 Å². The molecule has 1 aromatic carbocycles. The van der Waals surface area contributed by atoms with Gasteiger partial charge in [-0.1, -0.05) is 0 Å². The van der Waals surface area contributed by atoms with Crippen molar-refractivity contribution >= 4 is 34.3 Å². The monoisotopic (exact) mass is 384 g/mol. The fraction of sp³-hybridized carbons (Fsp3) is 0.333. The van der Waals surface area contributed by atoms with Crippen molar-refractivity contribution < 1.29 is 9.18 Å². The zero-order valence-electron chi connectivity index (χ0n) is 15.4. The summed E-state index contributed by atoms with van der Waals surface area (Å²) >= 11 is 0. The normalized spacial score (nSPS) is 16.9. The van der Waals surface area contributed by atoms with Gasteiger partial charge in [-0.2, -0.15) is 10.1 Å². The van der Waals surface area contributed by atoms with Gasteiger partial charge in [0.15, 0.2) is 5.82 Å². The second-order valence-electron chi connectivity index (χ2n) is 6.86. The molecule has 1 saturated heterocycles. The summed E-state index contributed by atoms with van der Waals surface area (Å²) in [6.07, 6.45) is 5.42. The molecule has 3 heterocycles. The number of rotatable bonds is 4. The number of nitrogens with zero attached hydrogens (tertiary/aromatic N) is 5. The van der Waals surface area contributed by atoms with Gasteiger partial charge in [-0.3, -0.25) is 20.3 Å². The highest BCUT2D eigenvalue weighted by Crippen LogP contribution is 2.24. The lowest BCUT2D eigenvalue weighted by Crippen LogP contribution is -2.44. The van der Waals surface area contributed by atoms with Crippen molar-refractivity contribution in [3.63, 3.8) is 0 Å². The smallest absolute Gasteiger partial charge is 0.243 e. The van der Waals surface area contributed by atoms with Gasteiger partial charge in [-0.15, -0.1) is 0 Å². The van der Waals surface area contributed by atoms with Crippen molar-refractivity contribution in [3.05, 3.63) is 36.4 Å². The lowest BCUT2D eigenvalue weighted by Gasteiger charge is -2.32. The van der Waals surface area contributed by atoms with Gasteiger partial charge in [-0.25, -0.2) is 9.37 Å². The molecule has 4 N–H and O–H groups in total. The summed E-state index contributed by atoms with van der Waals surface area (Å²) in [7, 11) is 1.86. The quantitative estimate of drug-likeness (QED) is 0.583. The lowest BCUT2D eigenvalue weighted by atomic mass is 9.97. The zero-order chi connectivity index (χ0) is 19.7. The Labute approximate surface area is 160 Å². The summed E-state index contributed by atoms with van der Waals surface area (Å²) in [5.74, 6) is -0.472. The highest BCUT2D eigenvalue weighted by molar-refractivity contribution is 5.91. The highest BCUT2D eigenvalue weighted by Gasteiger charge is 2.26. The van der Waals surface area contributed by atoms with Crippen LogP contribution in [-0.2, 0) is 11.8 Å². The van der Waals surface area contributed by atoms with E-state index in [2.05, 4.69) is 30.8 Å². The van der Waals surface area contributed by atoms with E-state index in [1.54, 1.807) is 10.9 Å². The van der Waals surface area contributed by atoms with E-state index >= 15 is 0 Å². The van der Waals surface area contributed by atoms with E-state index in [0.29, 0.717) is 17.4 Å². The summed E-state index contributed by atoms with van der Waals surface area (Å²) in [4.78, 5) is 23.0. The number of nitrogens with two attached hydrogens (primary N) is 1. The molecule has 0 radical (unpaired) electrons. The van der Waals surface area contributed by atoms with E-state index in [1.807, 2.05) is 13.2 Å². The molecule has 0 unspecified atom stereocenters. The summed E-state index contributed by atoms with van der Waals surface area (Å²) in [5.41, 5.74) is 12.7. The molecule has 0 aliphatic carbocycles. The third-order valence-corrected chi connectivity index (χ3v) is 4.83. The molecule has 10 heteroatoms. The maximum atomic E-state index is 13.6. The number of carbonyl (C=O) groups is 1. The number of hydrogen-bond acceptors (Lipinski definition) is 7. The first-order valence-electron chi connectivity index (χ1n) is 9.02. The molecule has 4 rings (SSSR count). The maximum absolute atomic E-state index is 13.6. The van der Waals surface area contributed by atoms with Crippen molar-refractivity contribution in [2.45, 2.75) is 12.8 Å². The fourth-order valence-corrected chi connectivity index (χ4v) is 3.43. The number of benzene rings is 1. The van der Waals surface area contributed by atoms with Gasteiger partial charge >= 0.3 is 0 Å². The molecule has 1 fully saturated rings. The van der Waals surface area contributed by atoms with Crippen LogP contribution < -0.4 is 21.5 Å². The largest absolute Gasteiger partial charge is 0.368 e. The van der Waals surface area contributed by atoms with Crippen LogP contribution in [0.2, 0.25) is 0 Å². The molecule has 146 valence electrons. The SMILES string of the molecule is Cn1cc(N2CCC[C@@H](C(=O)NNc3nc(N)nc4ccc(F)cc34)C2)cn1. The second-order valence-corrected chi connectivity index (χ2v) is 6.86. The number of fused-ring (bicyclic) bond motifs is 1. The Kier molecular flexibility index (Phi) is 4.68. The molecule has 1 aliphatic heterocycles. The van der Waals surface area contributed by atoms with Gasteiger partial charge in [0.1, 0.15) is 5.82 Å². The molecule has 0 saturated carbocycles. The van der Waals surface area contributed by atoms with Gasteiger partial charge in [-0.05, 0) is 31.0 Å². The first-order chi connectivity index (χ1) is 13.5. The fourth-order valence-electron chi connectivity index (χ4n) is 3.43. The number of nitrogen functional groups attached to an aromatic ring is 1. The number of aryl methyl sites for hydroxylation is 1. The number of piperidine rings is 1. The molecule has 1 atom stereocenters. The third-order valence-electron chi connectivity index (χ3n) is 4.83. The number of halogens is 1. The van der Waals surface area contributed by atoms with Crippen molar-refractivity contribution in [3.8, 4) is 0 Å². The second kappa shape index (κ2) is 7.29. The molecule has 1 amide bonds. The molecule has 0 spiro atoms. The van der Waals surface area contributed by atoms with Gasteiger partial charge in [0.05, 0.1) is 23.3 Å². The number of hydrazine groups is 1. The van der Waals surface area contributed by atoms with Crippen LogP contribution in [0.3, 0.4) is 0 Å². The molecule has 3 aromatic rings. The number of anilines is 3. The average Bonchev–Trinajstić information content (AvgIpc) is 3.13. The zero-order valence-corrected chi connectivity index (χ0v) is 15.4. The summed E-state index contributed by atoms with van der Waals surface area (Å²) in [6.45, 7) is 1.48. The number of amides is 1. The van der Waals surface area contributed by atoms with Crippen molar-refractivity contribution in [2.75, 3.05) is 29.1 Å². The van der Waals surface area contributed by atoms with E-state index in [9.17, 15) is 9.18 Å². The molecular weight excluding hydrogens is 363 g/mol. The van der Waals surface area contributed by atoms with Crippen LogP contribution in [0.4, 0.5) is 21.8 Å². The van der Waals surface area contributed by atoms with E-state index in [4.69, 9.17) is 5.73 Å². The van der Waals surface area contributed by atoms with Crippen LogP contribution >= 0.6 is 0 Å². The number of hydrogen-bond donors (Lipinski definition) is 3. The first kappa shape index (κ1) is 18.0. The minimum atomic E-state index is -0.422. The van der Waals surface area contributed by atoms with Crippen LogP contribution in [0, 0.1) is 11.7 Å². The molecule has 9 nitrogen and oxygen atoms in total. The van der Waals surface area contributed by atoms with E-state index in [0.717, 1.165) is 25.1 Å². The predicted molar refractivity (Wildman–Crippen MR) is 104 cm³/mol. The topological polar surface area (TPSA) is 114 Å². The molecular formula is C18H21FN8O. The highest BCUT2D eigenvalue weighted by atomic mass is 19.1. The van der Waals surface area contributed by atoms with E-state index in [-0.39, 0.29) is 23.6 Å². The van der Waals surface area contributed by atoms with Crippen LogP contribution in [0.15, 0.2) is 30.6 Å². The van der Waals surface area contributed by atoms with E-state index in [1.165, 1.54) is 18.2 Å². The van der Waals surface area contributed by atoms with Crippen LogP contribution in [0.1, 0.15) is 12.8 Å². The van der Waals surface area contributed by atoms with Gasteiger partial charge < -0.3 is 10.6 Å². The Morgan fingerprint density at radius 2 is 2.21 bits per heavy atom. The Morgan fingerprint density at radius 3 is 3.00 bits per heavy atom. The van der Waals surface area contributed by atoms with Crippen molar-refractivity contribution in [2.24, 2.45) is 13.0 Å². The van der Waals surface area contributed by atoms with Crippen LogP contribution in [-0.4, -0.2) is 38.7 Å². The van der Waals surface area contributed by atoms with Gasteiger partial charge in [0.2, 0.25) is 11.9 Å². The summed E-state index contributed by atoms with van der Waals surface area (Å²) in [5, 5.41) is 4.63. The lowest BCUT2D eigenvalue weighted by molar-refractivity contribution is -0.124. The maximum Gasteiger partial charge on any atom is 0.243 e. The third kappa shape index (κ3) is 3.66. The average molecular weight is 384 g/mol. The molecule has 28 heavy (non-hydrogen) atoms. The number of nitrogens with one attached hydrogen (secondary N) is 2. The first-order valence-corrected chi connectivity index (χ1v) is 9.02. The predicted octanol–water partition coefficient (Wildman–Crippen LogP) is 1.44. The Hall–Kier alpha value is -3.43. The Bertz CT molecular complexity index is 1020. The summed E-state index contributed by atoms with van der Waals surface area (Å²) < 4.78 is 15.3. The Balaban J connectivity index is 1.46.